The van der Waals surface area contributed by atoms with Crippen LogP contribution < -0.4 is 0 Å². The first-order valence-corrected chi connectivity index (χ1v) is 13.8. The summed E-state index contributed by atoms with van der Waals surface area (Å²) in [5.74, 6) is 0. The highest BCUT2D eigenvalue weighted by Crippen LogP contribution is 2.41. The van der Waals surface area contributed by atoms with Gasteiger partial charge in [0.25, 0.3) is 0 Å². The van der Waals surface area contributed by atoms with Gasteiger partial charge in [0.05, 0.1) is 22.1 Å². The lowest BCUT2D eigenvalue weighted by Crippen LogP contribution is -1.98. The third-order valence-electron chi connectivity index (χ3n) is 8.47. The van der Waals surface area contributed by atoms with E-state index < -0.39 is 0 Å². The van der Waals surface area contributed by atoms with Crippen LogP contribution in [0.1, 0.15) is 0 Å². The molecule has 0 bridgehead atoms. The van der Waals surface area contributed by atoms with Crippen molar-refractivity contribution in [1.29, 1.82) is 0 Å². The van der Waals surface area contributed by atoms with E-state index in [2.05, 4.69) is 155 Å². The molecule has 0 aliphatic heterocycles. The van der Waals surface area contributed by atoms with Crippen molar-refractivity contribution in [2.75, 3.05) is 0 Å². The van der Waals surface area contributed by atoms with Crippen molar-refractivity contribution in [3.05, 3.63) is 146 Å². The predicted molar refractivity (Wildman–Crippen MR) is 170 cm³/mol. The first-order chi connectivity index (χ1) is 19.9. The Hall–Kier alpha value is -5.34. The van der Waals surface area contributed by atoms with Gasteiger partial charge in [-0.25, -0.2) is 0 Å². The predicted octanol–water partition coefficient (Wildman–Crippen LogP) is 10.2. The highest BCUT2D eigenvalue weighted by atomic mass is 15.0. The van der Waals surface area contributed by atoms with Gasteiger partial charge in [0, 0.05) is 32.9 Å². The van der Waals surface area contributed by atoms with Crippen LogP contribution in [0.25, 0.3) is 76.5 Å². The molecule has 0 unspecified atom stereocenters. The summed E-state index contributed by atoms with van der Waals surface area (Å²) < 4.78 is 4.84. The van der Waals surface area contributed by atoms with Crippen LogP contribution in [0.4, 0.5) is 0 Å². The zero-order valence-electron chi connectivity index (χ0n) is 21.8. The minimum atomic E-state index is 1.16. The molecule has 0 saturated heterocycles. The molecular formula is C38H24N2. The monoisotopic (exact) mass is 508 g/mol. The minimum absolute atomic E-state index is 1.16. The number of hydrogen-bond donors (Lipinski definition) is 0. The number of benzene rings is 7. The first kappa shape index (κ1) is 21.6. The average molecular weight is 509 g/mol. The maximum Gasteiger partial charge on any atom is 0.0547 e. The zero-order valence-corrected chi connectivity index (χ0v) is 21.8. The van der Waals surface area contributed by atoms with E-state index in [1.54, 1.807) is 0 Å². The molecule has 2 nitrogen and oxygen atoms in total. The maximum absolute atomic E-state index is 2.45. The highest BCUT2D eigenvalue weighted by Gasteiger charge is 2.18. The van der Waals surface area contributed by atoms with Crippen LogP contribution >= 0.6 is 0 Å². The van der Waals surface area contributed by atoms with E-state index in [0.717, 1.165) is 11.4 Å². The molecule has 186 valence electrons. The number of rotatable bonds is 2. The van der Waals surface area contributed by atoms with E-state index in [-0.39, 0.29) is 0 Å². The molecule has 0 aliphatic rings. The molecule has 7 aromatic carbocycles. The molecule has 0 atom stereocenters. The molecule has 0 radical (unpaired) electrons. The molecule has 0 fully saturated rings. The van der Waals surface area contributed by atoms with E-state index in [1.807, 2.05) is 0 Å². The molecule has 0 N–H and O–H groups in total. The second kappa shape index (κ2) is 8.08. The lowest BCUT2D eigenvalue weighted by molar-refractivity contribution is 1.13. The van der Waals surface area contributed by atoms with Gasteiger partial charge in [-0.2, -0.15) is 0 Å². The minimum Gasteiger partial charge on any atom is -0.309 e. The fourth-order valence-electron chi connectivity index (χ4n) is 6.80. The molecule has 9 rings (SSSR count). The standard InChI is InChI=1S/C38H24N2/c1-3-14-29-25(10-1)20-22-35-37(29)38-30-15-4-2-11-26(30)21-23-36(38)40(35)28-13-9-12-27(24-28)39-33-18-7-5-16-31(33)32-17-6-8-19-34(32)39/h1-24H. The summed E-state index contributed by atoms with van der Waals surface area (Å²) in [6.07, 6.45) is 0. The van der Waals surface area contributed by atoms with E-state index >= 15 is 0 Å². The summed E-state index contributed by atoms with van der Waals surface area (Å²) in [7, 11) is 0. The fourth-order valence-corrected chi connectivity index (χ4v) is 6.80. The Morgan fingerprint density at radius 1 is 0.300 bits per heavy atom. The van der Waals surface area contributed by atoms with Crippen LogP contribution in [0.15, 0.2) is 146 Å². The second-order valence-corrected chi connectivity index (χ2v) is 10.6. The van der Waals surface area contributed by atoms with Crippen molar-refractivity contribution < 1.29 is 0 Å². The van der Waals surface area contributed by atoms with Crippen LogP contribution in [0.3, 0.4) is 0 Å². The van der Waals surface area contributed by atoms with Gasteiger partial charge in [-0.15, -0.1) is 0 Å². The lowest BCUT2D eigenvalue weighted by Gasteiger charge is -2.13. The summed E-state index contributed by atoms with van der Waals surface area (Å²) in [6.45, 7) is 0. The van der Waals surface area contributed by atoms with Crippen molar-refractivity contribution in [2.24, 2.45) is 0 Å². The van der Waals surface area contributed by atoms with Gasteiger partial charge in [-0.05, 0) is 64.0 Å². The van der Waals surface area contributed by atoms with Crippen LogP contribution in [0.2, 0.25) is 0 Å². The Labute approximate surface area is 230 Å². The summed E-state index contributed by atoms with van der Waals surface area (Å²) in [5, 5.41) is 10.3. The average Bonchev–Trinajstić information content (AvgIpc) is 3.55. The van der Waals surface area contributed by atoms with Gasteiger partial charge in [0.2, 0.25) is 0 Å². The largest absolute Gasteiger partial charge is 0.309 e. The zero-order chi connectivity index (χ0) is 26.2. The smallest absolute Gasteiger partial charge is 0.0547 e. The van der Waals surface area contributed by atoms with Gasteiger partial charge in [-0.3, -0.25) is 0 Å². The third-order valence-corrected chi connectivity index (χ3v) is 8.47. The van der Waals surface area contributed by atoms with Crippen molar-refractivity contribution in [1.82, 2.24) is 9.13 Å². The molecule has 2 aromatic heterocycles. The van der Waals surface area contributed by atoms with Gasteiger partial charge in [0.1, 0.15) is 0 Å². The summed E-state index contributed by atoms with van der Waals surface area (Å²) in [5.41, 5.74) is 7.21. The van der Waals surface area contributed by atoms with Crippen LogP contribution in [-0.2, 0) is 0 Å². The van der Waals surface area contributed by atoms with Crippen LogP contribution in [0.5, 0.6) is 0 Å². The second-order valence-electron chi connectivity index (χ2n) is 10.6. The normalized spacial score (nSPS) is 12.0. The molecule has 0 saturated carbocycles. The van der Waals surface area contributed by atoms with Gasteiger partial charge >= 0.3 is 0 Å². The van der Waals surface area contributed by atoms with Crippen molar-refractivity contribution in [2.45, 2.75) is 0 Å². The van der Waals surface area contributed by atoms with E-state index in [4.69, 9.17) is 0 Å². The summed E-state index contributed by atoms with van der Waals surface area (Å²) in [4.78, 5) is 0. The summed E-state index contributed by atoms with van der Waals surface area (Å²) in [6, 6.07) is 53.0. The third kappa shape index (κ3) is 2.88. The molecule has 2 heterocycles. The molecule has 2 heteroatoms. The first-order valence-electron chi connectivity index (χ1n) is 13.8. The molecule has 0 aliphatic carbocycles. The Kier molecular flexibility index (Phi) is 4.36. The van der Waals surface area contributed by atoms with E-state index in [1.165, 1.54) is 65.2 Å². The highest BCUT2D eigenvalue weighted by molar-refractivity contribution is 6.28. The molecule has 0 spiro atoms. The van der Waals surface area contributed by atoms with E-state index in [9.17, 15) is 0 Å². The SMILES string of the molecule is c1cc(-n2c3ccccc3c3ccccc32)cc(-n2c3ccc4ccccc4c3c3c4ccccc4ccc32)c1. The fraction of sp³-hybridized carbons (Fsp3) is 0. The molecule has 0 amide bonds. The summed E-state index contributed by atoms with van der Waals surface area (Å²) >= 11 is 0. The number of fused-ring (bicyclic) bond motifs is 10. The topological polar surface area (TPSA) is 9.86 Å². The Bertz CT molecular complexity index is 2290. The molecule has 9 aromatic rings. The van der Waals surface area contributed by atoms with Crippen molar-refractivity contribution in [3.8, 4) is 11.4 Å². The Morgan fingerprint density at radius 2 is 0.725 bits per heavy atom. The Morgan fingerprint density at radius 3 is 1.25 bits per heavy atom. The van der Waals surface area contributed by atoms with Crippen LogP contribution in [-0.4, -0.2) is 9.13 Å². The quantitative estimate of drug-likeness (QED) is 0.220. The van der Waals surface area contributed by atoms with Gasteiger partial charge in [-0.1, -0.05) is 103 Å². The number of aromatic nitrogens is 2. The number of nitrogens with zero attached hydrogens (tertiary/aromatic N) is 2. The number of hydrogen-bond acceptors (Lipinski definition) is 0. The lowest BCUT2D eigenvalue weighted by atomic mass is 10.00. The van der Waals surface area contributed by atoms with Crippen molar-refractivity contribution in [3.63, 3.8) is 0 Å². The van der Waals surface area contributed by atoms with Gasteiger partial charge in [0.15, 0.2) is 0 Å². The molecule has 40 heavy (non-hydrogen) atoms. The van der Waals surface area contributed by atoms with E-state index in [0.29, 0.717) is 0 Å². The number of para-hydroxylation sites is 2. The van der Waals surface area contributed by atoms with Crippen molar-refractivity contribution >= 4 is 65.2 Å². The van der Waals surface area contributed by atoms with Gasteiger partial charge < -0.3 is 9.13 Å². The maximum atomic E-state index is 2.45. The van der Waals surface area contributed by atoms with Crippen LogP contribution in [0, 0.1) is 0 Å². The molecular weight excluding hydrogens is 484 g/mol. The Balaban J connectivity index is 1.41.